The quantitative estimate of drug-likeness (QED) is 0.545. The lowest BCUT2D eigenvalue weighted by molar-refractivity contribution is 0.0565. The highest BCUT2D eigenvalue weighted by Crippen LogP contribution is 2.42. The van der Waals surface area contributed by atoms with E-state index in [4.69, 9.17) is 14.9 Å². The van der Waals surface area contributed by atoms with Gasteiger partial charge in [0.15, 0.2) is 0 Å². The molecule has 3 atom stereocenters. The van der Waals surface area contributed by atoms with Gasteiger partial charge >= 0.3 is 0 Å². The Balaban J connectivity index is 1.72. The molecule has 0 radical (unpaired) electrons. The Labute approximate surface area is 195 Å². The van der Waals surface area contributed by atoms with Crippen molar-refractivity contribution in [3.8, 4) is 11.5 Å². The van der Waals surface area contributed by atoms with Crippen LogP contribution in [-0.2, 0) is 11.2 Å². The van der Waals surface area contributed by atoms with Gasteiger partial charge in [-0.25, -0.2) is 4.39 Å². The molecule has 0 aromatic heterocycles. The Kier molecular flexibility index (Phi) is 7.30. The molecule has 2 aliphatic heterocycles. The van der Waals surface area contributed by atoms with Crippen molar-refractivity contribution in [3.05, 3.63) is 59.5 Å². The van der Waals surface area contributed by atoms with Gasteiger partial charge in [0.1, 0.15) is 17.3 Å². The lowest BCUT2D eigenvalue weighted by Gasteiger charge is -2.35. The first-order chi connectivity index (χ1) is 16.0. The maximum atomic E-state index is 13.5. The third-order valence-corrected chi connectivity index (χ3v) is 6.77. The van der Waals surface area contributed by atoms with Crippen LogP contribution in [0.25, 0.3) is 5.57 Å². The van der Waals surface area contributed by atoms with Crippen LogP contribution < -0.4 is 20.3 Å². The number of ether oxygens (including phenoxy) is 2. The van der Waals surface area contributed by atoms with E-state index in [0.717, 1.165) is 60.5 Å². The SMILES string of the molecule is COC1CNCCC1N/C=C(\C=N)c1ccc2c(c1Oc1ccc(F)cc1)CCC(C)N2C. The van der Waals surface area contributed by atoms with E-state index in [9.17, 15) is 4.39 Å². The summed E-state index contributed by atoms with van der Waals surface area (Å²) in [6.45, 7) is 3.94. The van der Waals surface area contributed by atoms with Crippen molar-refractivity contribution in [1.82, 2.24) is 10.6 Å². The number of hydrogen-bond donors (Lipinski definition) is 3. The van der Waals surface area contributed by atoms with Crippen LogP contribution in [0.1, 0.15) is 30.9 Å². The lowest BCUT2D eigenvalue weighted by atomic mass is 9.92. The monoisotopic (exact) mass is 452 g/mol. The number of halogens is 1. The smallest absolute Gasteiger partial charge is 0.140 e. The number of nitrogens with one attached hydrogen (secondary N) is 3. The third-order valence-electron chi connectivity index (χ3n) is 6.77. The second-order valence-corrected chi connectivity index (χ2v) is 8.78. The maximum Gasteiger partial charge on any atom is 0.140 e. The molecule has 0 aliphatic carbocycles. The van der Waals surface area contributed by atoms with E-state index in [0.29, 0.717) is 11.8 Å². The van der Waals surface area contributed by atoms with Crippen LogP contribution in [-0.4, -0.2) is 51.6 Å². The summed E-state index contributed by atoms with van der Waals surface area (Å²) in [6.07, 6.45) is 6.14. The number of piperidine rings is 1. The second-order valence-electron chi connectivity index (χ2n) is 8.78. The van der Waals surface area contributed by atoms with Crippen molar-refractivity contribution in [3.63, 3.8) is 0 Å². The summed E-state index contributed by atoms with van der Waals surface area (Å²) < 4.78 is 25.4. The Morgan fingerprint density at radius 3 is 2.73 bits per heavy atom. The number of nitrogens with zero attached hydrogens (tertiary/aromatic N) is 1. The normalized spacial score (nSPS) is 23.1. The van der Waals surface area contributed by atoms with Gasteiger partial charge < -0.3 is 30.4 Å². The number of hydrogen-bond acceptors (Lipinski definition) is 6. The van der Waals surface area contributed by atoms with Crippen molar-refractivity contribution >= 4 is 17.5 Å². The fourth-order valence-corrected chi connectivity index (χ4v) is 4.60. The number of anilines is 1. The molecule has 2 aliphatic rings. The lowest BCUT2D eigenvalue weighted by Crippen LogP contribution is -2.50. The molecule has 1 fully saturated rings. The summed E-state index contributed by atoms with van der Waals surface area (Å²) in [5, 5.41) is 15.0. The highest BCUT2D eigenvalue weighted by Gasteiger charge is 2.27. The molecule has 2 aromatic carbocycles. The van der Waals surface area contributed by atoms with E-state index >= 15 is 0 Å². The Bertz CT molecular complexity index is 1010. The summed E-state index contributed by atoms with van der Waals surface area (Å²) in [4.78, 5) is 2.27. The molecule has 0 saturated carbocycles. The first-order valence-corrected chi connectivity index (χ1v) is 11.5. The molecule has 2 heterocycles. The zero-order chi connectivity index (χ0) is 23.4. The summed E-state index contributed by atoms with van der Waals surface area (Å²) >= 11 is 0. The predicted octanol–water partition coefficient (Wildman–Crippen LogP) is 4.35. The van der Waals surface area contributed by atoms with Gasteiger partial charge in [0.2, 0.25) is 0 Å². The van der Waals surface area contributed by atoms with E-state index < -0.39 is 0 Å². The molecule has 2 aromatic rings. The maximum absolute atomic E-state index is 13.5. The van der Waals surface area contributed by atoms with Gasteiger partial charge in [-0.15, -0.1) is 0 Å². The fraction of sp³-hybridized carbons (Fsp3) is 0.423. The van der Waals surface area contributed by atoms with E-state index in [1.807, 2.05) is 12.3 Å². The summed E-state index contributed by atoms with van der Waals surface area (Å²) in [5.41, 5.74) is 3.81. The molecule has 7 heteroatoms. The average molecular weight is 453 g/mol. The molecule has 3 N–H and O–H groups in total. The van der Waals surface area contributed by atoms with Gasteiger partial charge in [0.25, 0.3) is 0 Å². The Morgan fingerprint density at radius 2 is 2.00 bits per heavy atom. The van der Waals surface area contributed by atoms with Gasteiger partial charge in [-0.2, -0.15) is 0 Å². The fourth-order valence-electron chi connectivity index (χ4n) is 4.60. The van der Waals surface area contributed by atoms with E-state index in [1.54, 1.807) is 19.2 Å². The summed E-state index contributed by atoms with van der Waals surface area (Å²) in [6, 6.07) is 10.8. The highest BCUT2D eigenvalue weighted by atomic mass is 19.1. The van der Waals surface area contributed by atoms with Crippen LogP contribution >= 0.6 is 0 Å². The predicted molar refractivity (Wildman–Crippen MR) is 131 cm³/mol. The number of allylic oxidation sites excluding steroid dienone is 1. The molecule has 6 nitrogen and oxygen atoms in total. The minimum absolute atomic E-state index is 0.0654. The topological polar surface area (TPSA) is 69.6 Å². The molecule has 0 amide bonds. The van der Waals surface area contributed by atoms with Gasteiger partial charge in [0, 0.05) is 61.5 Å². The van der Waals surface area contributed by atoms with Crippen LogP contribution in [0, 0.1) is 11.2 Å². The molecular formula is C26H33FN4O2. The van der Waals surface area contributed by atoms with Gasteiger partial charge in [-0.3, -0.25) is 0 Å². The standard InChI is InChI=1S/C26H33FN4O2/c1-17-4-9-22-24(31(17)2)11-10-21(26(22)33-20-7-5-19(27)6-8-20)18(14-28)15-30-23-12-13-29-16-25(23)32-3/h5-8,10-11,14-15,17,23,25,28-30H,4,9,12-13,16H2,1-3H3/b18-15+,28-14?. The van der Waals surface area contributed by atoms with E-state index in [-0.39, 0.29) is 18.0 Å². The van der Waals surface area contributed by atoms with Gasteiger partial charge in [0.05, 0.1) is 12.1 Å². The highest BCUT2D eigenvalue weighted by molar-refractivity contribution is 6.09. The van der Waals surface area contributed by atoms with Crippen molar-refractivity contribution < 1.29 is 13.9 Å². The molecule has 176 valence electrons. The average Bonchev–Trinajstić information content (AvgIpc) is 2.84. The molecule has 4 rings (SSSR count). The molecule has 3 unspecified atom stereocenters. The zero-order valence-electron chi connectivity index (χ0n) is 19.5. The van der Waals surface area contributed by atoms with Crippen LogP contribution in [0.15, 0.2) is 42.6 Å². The van der Waals surface area contributed by atoms with Crippen molar-refractivity contribution in [2.24, 2.45) is 0 Å². The molecule has 0 bridgehead atoms. The molecule has 33 heavy (non-hydrogen) atoms. The molecule has 0 spiro atoms. The van der Waals surface area contributed by atoms with Crippen LogP contribution in [0.3, 0.4) is 0 Å². The minimum atomic E-state index is -0.301. The Hall–Kier alpha value is -2.90. The number of rotatable bonds is 7. The largest absolute Gasteiger partial charge is 0.456 e. The number of methoxy groups -OCH3 is 1. The van der Waals surface area contributed by atoms with Gasteiger partial charge in [-0.05, 0) is 69.1 Å². The third kappa shape index (κ3) is 5.04. The number of benzene rings is 2. The Morgan fingerprint density at radius 1 is 1.21 bits per heavy atom. The van der Waals surface area contributed by atoms with Crippen molar-refractivity contribution in [1.29, 1.82) is 5.41 Å². The van der Waals surface area contributed by atoms with Crippen LogP contribution in [0.2, 0.25) is 0 Å². The summed E-state index contributed by atoms with van der Waals surface area (Å²) in [7, 11) is 3.82. The van der Waals surface area contributed by atoms with Gasteiger partial charge in [-0.1, -0.05) is 0 Å². The van der Waals surface area contributed by atoms with Crippen LogP contribution in [0.5, 0.6) is 11.5 Å². The van der Waals surface area contributed by atoms with Crippen LogP contribution in [0.4, 0.5) is 10.1 Å². The molecular weight excluding hydrogens is 419 g/mol. The van der Waals surface area contributed by atoms with E-state index in [2.05, 4.69) is 35.6 Å². The minimum Gasteiger partial charge on any atom is -0.456 e. The first-order valence-electron chi connectivity index (χ1n) is 11.5. The van der Waals surface area contributed by atoms with E-state index in [1.165, 1.54) is 18.3 Å². The van der Waals surface area contributed by atoms with Crippen molar-refractivity contribution in [2.45, 2.75) is 44.4 Å². The number of fused-ring (bicyclic) bond motifs is 1. The first kappa shape index (κ1) is 23.3. The molecule has 1 saturated heterocycles. The second kappa shape index (κ2) is 10.4. The summed E-state index contributed by atoms with van der Waals surface area (Å²) in [5.74, 6) is 0.996. The van der Waals surface area contributed by atoms with Crippen molar-refractivity contribution in [2.75, 3.05) is 32.1 Å². The zero-order valence-corrected chi connectivity index (χ0v) is 19.5.